The molecule has 0 saturated carbocycles. The Hall–Kier alpha value is -2.18. The van der Waals surface area contributed by atoms with Gasteiger partial charge in [0.1, 0.15) is 6.10 Å². The molecule has 0 saturated heterocycles. The minimum atomic E-state index is -0.796. The fourth-order valence-corrected chi connectivity index (χ4v) is 7.37. The summed E-state index contributed by atoms with van der Waals surface area (Å²) in [6.45, 7) is 6.43. The number of carbonyl (C=O) groups excluding carboxylic acids is 2. The third-order valence-electron chi connectivity index (χ3n) is 11.2. The summed E-state index contributed by atoms with van der Waals surface area (Å²) < 4.78 is 5.89. The molecule has 3 unspecified atom stereocenters. The Kier molecular flexibility index (Phi) is 44.2. The van der Waals surface area contributed by atoms with Crippen molar-refractivity contribution in [1.82, 2.24) is 5.32 Å². The number of esters is 1. The molecule has 3 atom stereocenters. The molecule has 0 spiro atoms. The van der Waals surface area contributed by atoms with Gasteiger partial charge in [-0.1, -0.05) is 211 Å². The minimum absolute atomic E-state index is 0.0485. The van der Waals surface area contributed by atoms with Crippen LogP contribution in [0.4, 0.5) is 0 Å². The summed E-state index contributed by atoms with van der Waals surface area (Å²) in [7, 11) is 0. The molecular weight excluding hydrogens is 719 g/mol. The summed E-state index contributed by atoms with van der Waals surface area (Å²) >= 11 is 0. The zero-order valence-electron chi connectivity index (χ0n) is 38.4. The van der Waals surface area contributed by atoms with Crippen molar-refractivity contribution in [2.75, 3.05) is 6.61 Å². The van der Waals surface area contributed by atoms with Gasteiger partial charge in [-0.3, -0.25) is 9.59 Å². The second kappa shape index (κ2) is 45.9. The average Bonchev–Trinajstić information content (AvgIpc) is 3.22. The normalized spacial score (nSPS) is 13.7. The molecule has 0 fully saturated rings. The maximum absolute atomic E-state index is 13.1. The van der Waals surface area contributed by atoms with Gasteiger partial charge in [-0.25, -0.2) is 0 Å². The van der Waals surface area contributed by atoms with Crippen LogP contribution in [0.5, 0.6) is 0 Å². The van der Waals surface area contributed by atoms with Crippen LogP contribution in [0.2, 0.25) is 0 Å². The van der Waals surface area contributed by atoms with Crippen LogP contribution in [-0.2, 0) is 14.3 Å². The van der Waals surface area contributed by atoms with E-state index in [9.17, 15) is 19.8 Å². The number of amides is 1. The number of carbonyl (C=O) groups is 2. The molecular formula is C52H95NO5. The highest BCUT2D eigenvalue weighted by Gasteiger charge is 2.24. The largest absolute Gasteiger partial charge is 0.462 e. The Morgan fingerprint density at radius 1 is 0.500 bits per heavy atom. The molecule has 1 amide bonds. The molecule has 0 bridgehead atoms. The molecule has 0 rings (SSSR count). The van der Waals surface area contributed by atoms with Gasteiger partial charge in [-0.15, -0.1) is 0 Å². The highest BCUT2D eigenvalue weighted by molar-refractivity contribution is 5.77. The predicted octanol–water partition coefficient (Wildman–Crippen LogP) is 14.7. The van der Waals surface area contributed by atoms with Crippen LogP contribution in [0.25, 0.3) is 0 Å². The van der Waals surface area contributed by atoms with Gasteiger partial charge in [-0.05, 0) is 70.6 Å². The monoisotopic (exact) mass is 814 g/mol. The molecule has 58 heavy (non-hydrogen) atoms. The van der Waals surface area contributed by atoms with Gasteiger partial charge in [0.05, 0.1) is 25.2 Å². The van der Waals surface area contributed by atoms with Gasteiger partial charge in [0.25, 0.3) is 0 Å². The van der Waals surface area contributed by atoms with E-state index >= 15 is 0 Å². The topological polar surface area (TPSA) is 95.9 Å². The van der Waals surface area contributed by atoms with Gasteiger partial charge in [-0.2, -0.15) is 0 Å². The molecule has 0 aliphatic carbocycles. The molecule has 0 aromatic heterocycles. The van der Waals surface area contributed by atoms with Gasteiger partial charge in [0.15, 0.2) is 0 Å². The van der Waals surface area contributed by atoms with E-state index in [1.165, 1.54) is 122 Å². The predicted molar refractivity (Wildman–Crippen MR) is 250 cm³/mol. The third-order valence-corrected chi connectivity index (χ3v) is 11.2. The first-order valence-corrected chi connectivity index (χ1v) is 24.9. The molecule has 0 heterocycles. The van der Waals surface area contributed by atoms with Crippen molar-refractivity contribution >= 4 is 11.9 Å². The molecule has 0 radical (unpaired) electrons. The van der Waals surface area contributed by atoms with Crippen LogP contribution >= 0.6 is 0 Å². The Morgan fingerprint density at radius 2 is 0.914 bits per heavy atom. The van der Waals surface area contributed by atoms with E-state index < -0.39 is 18.2 Å². The number of nitrogens with one attached hydrogen (secondary N) is 1. The zero-order valence-corrected chi connectivity index (χ0v) is 38.4. The van der Waals surface area contributed by atoms with Crippen molar-refractivity contribution in [3.8, 4) is 0 Å². The van der Waals surface area contributed by atoms with Crippen molar-refractivity contribution in [2.24, 2.45) is 0 Å². The van der Waals surface area contributed by atoms with Gasteiger partial charge >= 0.3 is 5.97 Å². The van der Waals surface area contributed by atoms with Crippen LogP contribution in [0.3, 0.4) is 0 Å². The van der Waals surface area contributed by atoms with Crippen molar-refractivity contribution in [1.29, 1.82) is 0 Å². The zero-order chi connectivity index (χ0) is 42.4. The number of hydrogen-bond donors (Lipinski definition) is 3. The molecule has 0 aromatic rings. The summed E-state index contributed by atoms with van der Waals surface area (Å²) in [4.78, 5) is 26.0. The number of hydrogen-bond acceptors (Lipinski definition) is 5. The van der Waals surface area contributed by atoms with Crippen LogP contribution in [0.1, 0.15) is 245 Å². The lowest BCUT2D eigenvalue weighted by Gasteiger charge is -2.24. The summed E-state index contributed by atoms with van der Waals surface area (Å²) in [6, 6.07) is -0.712. The van der Waals surface area contributed by atoms with E-state index in [-0.39, 0.29) is 24.9 Å². The summed E-state index contributed by atoms with van der Waals surface area (Å²) in [5.74, 6) is -0.525. The lowest BCUT2D eigenvalue weighted by molar-refractivity contribution is -0.151. The number of rotatable bonds is 44. The Balaban J connectivity index is 4.61. The third kappa shape index (κ3) is 40.6. The summed E-state index contributed by atoms with van der Waals surface area (Å²) in [5, 5.41) is 23.6. The van der Waals surface area contributed by atoms with E-state index in [4.69, 9.17) is 4.74 Å². The summed E-state index contributed by atoms with van der Waals surface area (Å²) in [5.41, 5.74) is 0. The highest BCUT2D eigenvalue weighted by atomic mass is 16.5. The van der Waals surface area contributed by atoms with Crippen molar-refractivity contribution < 1.29 is 24.5 Å². The highest BCUT2D eigenvalue weighted by Crippen LogP contribution is 2.16. The maximum Gasteiger partial charge on any atom is 0.306 e. The van der Waals surface area contributed by atoms with Gasteiger partial charge < -0.3 is 20.3 Å². The minimum Gasteiger partial charge on any atom is -0.462 e. The first kappa shape index (κ1) is 55.8. The smallest absolute Gasteiger partial charge is 0.306 e. The first-order valence-electron chi connectivity index (χ1n) is 24.9. The van der Waals surface area contributed by atoms with E-state index in [0.29, 0.717) is 19.3 Å². The number of aliphatic hydroxyl groups is 2. The molecule has 0 aliphatic heterocycles. The Labute approximate surface area is 359 Å². The van der Waals surface area contributed by atoms with Crippen LogP contribution in [0.15, 0.2) is 48.6 Å². The Bertz CT molecular complexity index is 1000. The van der Waals surface area contributed by atoms with Gasteiger partial charge in [0, 0.05) is 6.42 Å². The van der Waals surface area contributed by atoms with E-state index in [1.807, 2.05) is 0 Å². The molecule has 6 nitrogen and oxygen atoms in total. The van der Waals surface area contributed by atoms with Crippen molar-refractivity contribution in [2.45, 2.75) is 264 Å². The molecule has 338 valence electrons. The second-order valence-corrected chi connectivity index (χ2v) is 16.9. The number of unbranched alkanes of at least 4 members (excludes halogenated alkanes) is 26. The molecule has 3 N–H and O–H groups in total. The summed E-state index contributed by atoms with van der Waals surface area (Å²) in [6.07, 6.45) is 54.6. The lowest BCUT2D eigenvalue weighted by atomic mass is 10.0. The van der Waals surface area contributed by atoms with E-state index in [2.05, 4.69) is 74.7 Å². The van der Waals surface area contributed by atoms with Crippen molar-refractivity contribution in [3.63, 3.8) is 0 Å². The second-order valence-electron chi connectivity index (χ2n) is 16.9. The van der Waals surface area contributed by atoms with Gasteiger partial charge in [0.2, 0.25) is 5.91 Å². The first-order chi connectivity index (χ1) is 28.5. The standard InChI is InChI=1S/C52H95NO5/c1-4-7-10-13-16-19-21-23-24-25-26-27-28-30-33-36-39-42-45-52(57)58-48(43-40-37-34-32-29-22-20-17-14-11-8-5-2)46-51(56)53-49(47-54)50(55)44-41-38-35-31-18-15-12-9-6-3/h21,23-27,32,34,48-50,54-55H,4-20,22,28-31,33,35-47H2,1-3H3,(H,53,56)/b23-21+,25-24+,27-26+,34-32-. The average molecular weight is 814 g/mol. The van der Waals surface area contributed by atoms with Crippen LogP contribution in [0, 0.1) is 0 Å². The van der Waals surface area contributed by atoms with Crippen LogP contribution in [-0.4, -0.2) is 46.9 Å². The maximum atomic E-state index is 13.1. The molecule has 0 aromatic carbocycles. The van der Waals surface area contributed by atoms with E-state index in [1.54, 1.807) is 0 Å². The van der Waals surface area contributed by atoms with Crippen LogP contribution < -0.4 is 5.32 Å². The fraction of sp³-hybridized carbons (Fsp3) is 0.808. The number of ether oxygens (including phenoxy) is 1. The number of allylic oxidation sites excluding steroid dienone is 8. The number of aliphatic hydroxyl groups excluding tert-OH is 2. The van der Waals surface area contributed by atoms with E-state index in [0.717, 1.165) is 77.0 Å². The molecule has 6 heteroatoms. The fourth-order valence-electron chi connectivity index (χ4n) is 7.37. The Morgan fingerprint density at radius 3 is 1.40 bits per heavy atom. The van der Waals surface area contributed by atoms with Crippen molar-refractivity contribution in [3.05, 3.63) is 48.6 Å². The molecule has 0 aliphatic rings. The SMILES string of the molecule is CCCCCCC/C=C/C=C/C=C/CCCCCCCC(=O)OC(CCC/C=C\CCCCCCCCC)CC(=O)NC(CO)C(O)CCCCCCCCCCC. The quantitative estimate of drug-likeness (QED) is 0.0246. The lowest BCUT2D eigenvalue weighted by Crippen LogP contribution is -2.46.